The molecule has 0 saturated heterocycles. The lowest BCUT2D eigenvalue weighted by Gasteiger charge is -2.24. The van der Waals surface area contributed by atoms with Crippen molar-refractivity contribution in [2.75, 3.05) is 6.54 Å². The molecule has 0 aromatic heterocycles. The van der Waals surface area contributed by atoms with Crippen LogP contribution in [0.5, 0.6) is 0 Å². The van der Waals surface area contributed by atoms with E-state index >= 15 is 0 Å². The summed E-state index contributed by atoms with van der Waals surface area (Å²) >= 11 is 0. The number of fused-ring (bicyclic) bond motifs is 2. The van der Waals surface area contributed by atoms with Crippen LogP contribution in [0.3, 0.4) is 0 Å². The van der Waals surface area contributed by atoms with Crippen LogP contribution < -0.4 is 5.32 Å². The Labute approximate surface area is 73.7 Å². The maximum Gasteiger partial charge on any atom is 0.0761 e. The lowest BCUT2D eigenvalue weighted by Crippen LogP contribution is -2.42. The molecule has 0 radical (unpaired) electrons. The van der Waals surface area contributed by atoms with E-state index < -0.39 is 0 Å². The van der Waals surface area contributed by atoms with Crippen LogP contribution in [0.25, 0.3) is 0 Å². The molecule has 12 heavy (non-hydrogen) atoms. The van der Waals surface area contributed by atoms with Gasteiger partial charge in [0.2, 0.25) is 0 Å². The topological polar surface area (TPSA) is 32.3 Å². The number of hydrogen-bond acceptors (Lipinski definition) is 2. The van der Waals surface area contributed by atoms with Crippen LogP contribution in [-0.2, 0) is 0 Å². The van der Waals surface area contributed by atoms with E-state index in [1.807, 2.05) is 0 Å². The summed E-state index contributed by atoms with van der Waals surface area (Å²) in [5, 5.41) is 13.2. The average Bonchev–Trinajstić information content (AvgIpc) is 2.62. The van der Waals surface area contributed by atoms with Crippen LogP contribution in [-0.4, -0.2) is 23.8 Å². The fourth-order valence-electron chi connectivity index (χ4n) is 2.38. The molecule has 1 fully saturated rings. The third kappa shape index (κ3) is 1.19. The Morgan fingerprint density at radius 1 is 1.42 bits per heavy atom. The van der Waals surface area contributed by atoms with E-state index in [4.69, 9.17) is 0 Å². The number of nitrogens with one attached hydrogen (secondary N) is 1. The van der Waals surface area contributed by atoms with E-state index in [0.717, 1.165) is 19.4 Å². The Bertz CT molecular complexity index is 190. The van der Waals surface area contributed by atoms with Gasteiger partial charge in [0.15, 0.2) is 0 Å². The Morgan fingerprint density at radius 2 is 2.17 bits per heavy atom. The molecule has 4 atom stereocenters. The minimum absolute atomic E-state index is 0.133. The predicted molar refractivity (Wildman–Crippen MR) is 48.8 cm³/mol. The van der Waals surface area contributed by atoms with E-state index in [2.05, 4.69) is 24.4 Å². The highest BCUT2D eigenvalue weighted by atomic mass is 16.3. The maximum atomic E-state index is 9.79. The summed E-state index contributed by atoms with van der Waals surface area (Å²) in [4.78, 5) is 0. The fourth-order valence-corrected chi connectivity index (χ4v) is 2.38. The lowest BCUT2D eigenvalue weighted by molar-refractivity contribution is 0.115. The Balaban J connectivity index is 1.94. The smallest absolute Gasteiger partial charge is 0.0761 e. The molecular formula is C10H17NO. The molecule has 1 saturated carbocycles. The van der Waals surface area contributed by atoms with Gasteiger partial charge in [-0.25, -0.2) is 0 Å². The van der Waals surface area contributed by atoms with Crippen LogP contribution in [0.1, 0.15) is 19.8 Å². The van der Waals surface area contributed by atoms with Gasteiger partial charge in [-0.05, 0) is 25.3 Å². The molecule has 2 nitrogen and oxygen atoms in total. The van der Waals surface area contributed by atoms with E-state index in [9.17, 15) is 5.11 Å². The molecule has 2 rings (SSSR count). The van der Waals surface area contributed by atoms with Crippen molar-refractivity contribution in [1.29, 1.82) is 0 Å². The number of aliphatic hydroxyl groups excluding tert-OH is 1. The minimum Gasteiger partial charge on any atom is -0.391 e. The summed E-state index contributed by atoms with van der Waals surface area (Å²) < 4.78 is 0. The Morgan fingerprint density at radius 3 is 2.75 bits per heavy atom. The van der Waals surface area contributed by atoms with Crippen molar-refractivity contribution in [2.24, 2.45) is 11.8 Å². The molecule has 68 valence electrons. The van der Waals surface area contributed by atoms with Gasteiger partial charge in [-0.3, -0.25) is 0 Å². The normalized spacial score (nSPS) is 44.2. The zero-order chi connectivity index (χ0) is 8.55. The highest BCUT2D eigenvalue weighted by Gasteiger charge is 2.42. The van der Waals surface area contributed by atoms with Crippen LogP contribution >= 0.6 is 0 Å². The van der Waals surface area contributed by atoms with Gasteiger partial charge in [-0.1, -0.05) is 19.1 Å². The predicted octanol–water partition coefficient (Wildman–Crippen LogP) is 0.921. The summed E-state index contributed by atoms with van der Waals surface area (Å²) in [5.41, 5.74) is 0. The fraction of sp³-hybridized carbons (Fsp3) is 0.800. The molecule has 0 aliphatic heterocycles. The quantitative estimate of drug-likeness (QED) is 0.613. The largest absolute Gasteiger partial charge is 0.391 e. The van der Waals surface area contributed by atoms with Gasteiger partial charge >= 0.3 is 0 Å². The first-order valence-corrected chi connectivity index (χ1v) is 4.92. The zero-order valence-electron chi connectivity index (χ0n) is 7.53. The van der Waals surface area contributed by atoms with E-state index in [1.165, 1.54) is 0 Å². The summed E-state index contributed by atoms with van der Waals surface area (Å²) in [6.07, 6.45) is 6.59. The second-order valence-electron chi connectivity index (χ2n) is 3.92. The Hall–Kier alpha value is -0.340. The molecule has 2 bridgehead atoms. The van der Waals surface area contributed by atoms with Crippen molar-refractivity contribution < 1.29 is 5.11 Å². The number of hydrogen-bond donors (Lipinski definition) is 2. The third-order valence-electron chi connectivity index (χ3n) is 3.05. The number of aliphatic hydroxyl groups is 1. The van der Waals surface area contributed by atoms with E-state index in [1.54, 1.807) is 0 Å². The van der Waals surface area contributed by atoms with Crippen molar-refractivity contribution in [1.82, 2.24) is 5.32 Å². The molecule has 0 amide bonds. The van der Waals surface area contributed by atoms with Gasteiger partial charge in [-0.15, -0.1) is 0 Å². The van der Waals surface area contributed by atoms with Gasteiger partial charge in [-0.2, -0.15) is 0 Å². The molecule has 0 spiro atoms. The second kappa shape index (κ2) is 3.19. The van der Waals surface area contributed by atoms with E-state index in [0.29, 0.717) is 17.9 Å². The molecule has 0 aromatic carbocycles. The van der Waals surface area contributed by atoms with Crippen molar-refractivity contribution >= 4 is 0 Å². The van der Waals surface area contributed by atoms with Gasteiger partial charge in [0.05, 0.1) is 6.10 Å². The Kier molecular flexibility index (Phi) is 2.20. The molecule has 0 heterocycles. The van der Waals surface area contributed by atoms with Gasteiger partial charge in [0.1, 0.15) is 0 Å². The molecule has 2 aliphatic carbocycles. The molecule has 4 unspecified atom stereocenters. The second-order valence-corrected chi connectivity index (χ2v) is 3.92. The van der Waals surface area contributed by atoms with Crippen LogP contribution in [0.4, 0.5) is 0 Å². The molecule has 0 aromatic rings. The summed E-state index contributed by atoms with van der Waals surface area (Å²) in [6, 6.07) is 0.333. The number of rotatable bonds is 3. The minimum atomic E-state index is -0.133. The molecular weight excluding hydrogens is 150 g/mol. The van der Waals surface area contributed by atoms with E-state index in [-0.39, 0.29) is 6.10 Å². The van der Waals surface area contributed by atoms with Crippen molar-refractivity contribution in [2.45, 2.75) is 31.9 Å². The average molecular weight is 167 g/mol. The van der Waals surface area contributed by atoms with Crippen molar-refractivity contribution in [3.63, 3.8) is 0 Å². The lowest BCUT2D eigenvalue weighted by atomic mass is 9.99. The SMILES string of the molecule is CCCNC1C2C=CC(C2)C1O. The van der Waals surface area contributed by atoms with Crippen molar-refractivity contribution in [3.05, 3.63) is 12.2 Å². The standard InChI is InChI=1S/C10H17NO/c1-2-5-11-9-7-3-4-8(6-7)10(9)12/h3-4,7-12H,2,5-6H2,1H3. The molecule has 2 heteroatoms. The highest BCUT2D eigenvalue weighted by Crippen LogP contribution is 2.39. The molecule has 2 aliphatic rings. The van der Waals surface area contributed by atoms with Gasteiger partial charge in [0, 0.05) is 12.0 Å². The zero-order valence-corrected chi connectivity index (χ0v) is 7.53. The summed E-state index contributed by atoms with van der Waals surface area (Å²) in [7, 11) is 0. The molecule has 2 N–H and O–H groups in total. The van der Waals surface area contributed by atoms with Crippen LogP contribution in [0.15, 0.2) is 12.2 Å². The van der Waals surface area contributed by atoms with Crippen molar-refractivity contribution in [3.8, 4) is 0 Å². The van der Waals surface area contributed by atoms with Gasteiger partial charge < -0.3 is 10.4 Å². The third-order valence-corrected chi connectivity index (χ3v) is 3.05. The highest BCUT2D eigenvalue weighted by molar-refractivity contribution is 5.16. The summed E-state index contributed by atoms with van der Waals surface area (Å²) in [6.45, 7) is 3.18. The van der Waals surface area contributed by atoms with Crippen LogP contribution in [0.2, 0.25) is 0 Å². The maximum absolute atomic E-state index is 9.79. The van der Waals surface area contributed by atoms with Gasteiger partial charge in [0.25, 0.3) is 0 Å². The summed E-state index contributed by atoms with van der Waals surface area (Å²) in [5.74, 6) is 1.03. The monoisotopic (exact) mass is 167 g/mol. The van der Waals surface area contributed by atoms with Crippen LogP contribution in [0, 0.1) is 11.8 Å². The first kappa shape index (κ1) is 8.27. The first-order valence-electron chi connectivity index (χ1n) is 4.92. The first-order chi connectivity index (χ1) is 5.83.